The molecule has 1 aromatic carbocycles. The summed E-state index contributed by atoms with van der Waals surface area (Å²) in [6.07, 6.45) is -1.01. The van der Waals surface area contributed by atoms with Crippen LogP contribution in [0.25, 0.3) is 11.3 Å². The topological polar surface area (TPSA) is 105 Å². The van der Waals surface area contributed by atoms with Gasteiger partial charge in [0, 0.05) is 38.7 Å². The van der Waals surface area contributed by atoms with E-state index in [1.165, 1.54) is 28.1 Å². The van der Waals surface area contributed by atoms with Crippen molar-refractivity contribution in [1.82, 2.24) is 15.0 Å². The van der Waals surface area contributed by atoms with Gasteiger partial charge in [0.1, 0.15) is 17.4 Å². The second kappa shape index (κ2) is 8.52. The molecule has 2 amide bonds. The average Bonchev–Trinajstić information content (AvgIpc) is 3.18. The first-order valence-electron chi connectivity index (χ1n) is 9.32. The molecule has 1 aromatic heterocycles. The highest BCUT2D eigenvalue weighted by molar-refractivity contribution is 6.01. The lowest BCUT2D eigenvalue weighted by Crippen LogP contribution is -2.50. The van der Waals surface area contributed by atoms with Crippen molar-refractivity contribution in [3.63, 3.8) is 0 Å². The molecule has 1 aliphatic heterocycles. The fourth-order valence-corrected chi connectivity index (χ4v) is 3.36. The van der Waals surface area contributed by atoms with Crippen LogP contribution in [0.4, 0.5) is 0 Å². The Balaban J connectivity index is 1.97. The molecule has 1 aliphatic rings. The van der Waals surface area contributed by atoms with Gasteiger partial charge in [-0.15, -0.1) is 0 Å². The molecule has 3 rings (SSSR count). The van der Waals surface area contributed by atoms with Crippen molar-refractivity contribution in [2.24, 2.45) is 0 Å². The number of carbonyl (C=O) groups is 2. The molecule has 1 N–H and O–H groups in total. The van der Waals surface area contributed by atoms with Gasteiger partial charge in [-0.2, -0.15) is 0 Å². The normalized spacial score (nSPS) is 15.2. The van der Waals surface area contributed by atoms with Crippen LogP contribution in [0.3, 0.4) is 0 Å². The number of amides is 2. The minimum absolute atomic E-state index is 0.0160. The average molecular weight is 403 g/mol. The first kappa shape index (κ1) is 20.7. The van der Waals surface area contributed by atoms with Crippen LogP contribution in [-0.4, -0.2) is 72.3 Å². The summed E-state index contributed by atoms with van der Waals surface area (Å²) in [5.74, 6) is 0.825. The van der Waals surface area contributed by atoms with Crippen LogP contribution in [-0.2, 0) is 4.79 Å². The molecular formula is C20H25N3O6. The first-order chi connectivity index (χ1) is 13.9. The van der Waals surface area contributed by atoms with E-state index in [9.17, 15) is 14.7 Å². The molecule has 0 radical (unpaired) electrons. The van der Waals surface area contributed by atoms with Crippen LogP contribution in [0.15, 0.2) is 22.7 Å². The zero-order valence-corrected chi connectivity index (χ0v) is 17.0. The van der Waals surface area contributed by atoms with Crippen LogP contribution in [0.1, 0.15) is 36.1 Å². The maximum atomic E-state index is 13.3. The molecule has 0 saturated carbocycles. The van der Waals surface area contributed by atoms with E-state index in [1.807, 2.05) is 0 Å². The van der Waals surface area contributed by atoms with Crippen molar-refractivity contribution >= 4 is 11.8 Å². The third-order valence-corrected chi connectivity index (χ3v) is 4.98. The lowest BCUT2D eigenvalue weighted by molar-refractivity contribution is -0.130. The number of piperazine rings is 1. The Morgan fingerprint density at radius 3 is 2.28 bits per heavy atom. The number of aliphatic hydroxyl groups is 1. The zero-order valence-electron chi connectivity index (χ0n) is 17.0. The Morgan fingerprint density at radius 1 is 1.10 bits per heavy atom. The number of ether oxygens (including phenoxy) is 2. The molecular weight excluding hydrogens is 378 g/mol. The molecule has 2 heterocycles. The minimum atomic E-state index is -1.01. The van der Waals surface area contributed by atoms with E-state index in [2.05, 4.69) is 5.16 Å². The summed E-state index contributed by atoms with van der Waals surface area (Å²) in [7, 11) is 3.06. The lowest BCUT2D eigenvalue weighted by atomic mass is 10.0. The van der Waals surface area contributed by atoms with E-state index < -0.39 is 6.10 Å². The number of methoxy groups -OCH3 is 2. The largest absolute Gasteiger partial charge is 0.493 e. The standard InChI is InChI=1S/C20H25N3O6/c1-12(24)19-17(20(26)23-9-7-22(8-10-23)13(2)25)18(21-29-19)14-5-6-15(27-3)16(11-14)28-4/h5-6,11-12,24H,7-10H2,1-4H3. The summed E-state index contributed by atoms with van der Waals surface area (Å²) in [5.41, 5.74) is 1.13. The van der Waals surface area contributed by atoms with Gasteiger partial charge in [0.2, 0.25) is 5.91 Å². The molecule has 1 unspecified atom stereocenters. The number of benzene rings is 1. The predicted molar refractivity (Wildman–Crippen MR) is 104 cm³/mol. The summed E-state index contributed by atoms with van der Waals surface area (Å²) >= 11 is 0. The highest BCUT2D eigenvalue weighted by atomic mass is 16.5. The number of rotatable bonds is 5. The minimum Gasteiger partial charge on any atom is -0.493 e. The number of aromatic nitrogens is 1. The van der Waals surface area contributed by atoms with E-state index in [4.69, 9.17) is 14.0 Å². The summed E-state index contributed by atoms with van der Waals surface area (Å²) in [6.45, 7) is 4.74. The second-order valence-corrected chi connectivity index (χ2v) is 6.81. The molecule has 9 heteroatoms. The van der Waals surface area contributed by atoms with Gasteiger partial charge in [0.25, 0.3) is 5.91 Å². The van der Waals surface area contributed by atoms with Crippen LogP contribution >= 0.6 is 0 Å². The van der Waals surface area contributed by atoms with Crippen molar-refractivity contribution < 1.29 is 28.7 Å². The zero-order chi connectivity index (χ0) is 21.1. The molecule has 9 nitrogen and oxygen atoms in total. The monoisotopic (exact) mass is 403 g/mol. The fraction of sp³-hybridized carbons (Fsp3) is 0.450. The molecule has 1 fully saturated rings. The number of nitrogens with zero attached hydrogens (tertiary/aromatic N) is 3. The highest BCUT2D eigenvalue weighted by Crippen LogP contribution is 2.35. The van der Waals surface area contributed by atoms with E-state index in [0.717, 1.165) is 0 Å². The van der Waals surface area contributed by atoms with Crippen LogP contribution in [0.5, 0.6) is 11.5 Å². The SMILES string of the molecule is COc1ccc(-c2noc(C(C)O)c2C(=O)N2CCN(C(C)=O)CC2)cc1OC. The number of hydrogen-bond acceptors (Lipinski definition) is 7. The van der Waals surface area contributed by atoms with Crippen molar-refractivity contribution in [1.29, 1.82) is 0 Å². The van der Waals surface area contributed by atoms with Gasteiger partial charge in [-0.1, -0.05) is 5.16 Å². The lowest BCUT2D eigenvalue weighted by Gasteiger charge is -2.34. The Bertz CT molecular complexity index is 900. The Kier molecular flexibility index (Phi) is 6.07. The molecule has 0 bridgehead atoms. The molecule has 156 valence electrons. The number of hydrogen-bond donors (Lipinski definition) is 1. The molecule has 1 saturated heterocycles. The summed E-state index contributed by atoms with van der Waals surface area (Å²) < 4.78 is 15.9. The quantitative estimate of drug-likeness (QED) is 0.810. The van der Waals surface area contributed by atoms with Gasteiger partial charge in [0.15, 0.2) is 17.3 Å². The van der Waals surface area contributed by atoms with Gasteiger partial charge in [-0.3, -0.25) is 9.59 Å². The van der Waals surface area contributed by atoms with Gasteiger partial charge in [-0.05, 0) is 25.1 Å². The Morgan fingerprint density at radius 2 is 1.72 bits per heavy atom. The van der Waals surface area contributed by atoms with Gasteiger partial charge >= 0.3 is 0 Å². The second-order valence-electron chi connectivity index (χ2n) is 6.81. The van der Waals surface area contributed by atoms with Crippen molar-refractivity contribution in [2.45, 2.75) is 20.0 Å². The van der Waals surface area contributed by atoms with E-state index >= 15 is 0 Å². The Labute approximate surface area is 168 Å². The smallest absolute Gasteiger partial charge is 0.259 e. The van der Waals surface area contributed by atoms with Crippen molar-refractivity contribution in [2.75, 3.05) is 40.4 Å². The van der Waals surface area contributed by atoms with Crippen LogP contribution in [0.2, 0.25) is 0 Å². The van der Waals surface area contributed by atoms with E-state index in [1.54, 1.807) is 28.0 Å². The molecule has 2 aromatic rings. The fourth-order valence-electron chi connectivity index (χ4n) is 3.36. The summed E-state index contributed by atoms with van der Waals surface area (Å²) in [4.78, 5) is 28.2. The molecule has 1 atom stereocenters. The van der Waals surface area contributed by atoms with Crippen LogP contribution in [0, 0.1) is 0 Å². The maximum Gasteiger partial charge on any atom is 0.259 e. The third kappa shape index (κ3) is 4.04. The molecule has 0 spiro atoms. The van der Waals surface area contributed by atoms with E-state index in [0.29, 0.717) is 48.9 Å². The summed E-state index contributed by atoms with van der Waals surface area (Å²) in [5, 5.41) is 14.2. The van der Waals surface area contributed by atoms with E-state index in [-0.39, 0.29) is 23.1 Å². The number of aliphatic hydroxyl groups excluding tert-OH is 1. The van der Waals surface area contributed by atoms with Gasteiger partial charge in [-0.25, -0.2) is 0 Å². The predicted octanol–water partition coefficient (Wildman–Crippen LogP) is 1.72. The third-order valence-electron chi connectivity index (χ3n) is 4.98. The molecule has 0 aliphatic carbocycles. The van der Waals surface area contributed by atoms with Gasteiger partial charge < -0.3 is 28.9 Å². The summed E-state index contributed by atoms with van der Waals surface area (Å²) in [6, 6.07) is 5.16. The Hall–Kier alpha value is -3.07. The van der Waals surface area contributed by atoms with Crippen LogP contribution < -0.4 is 9.47 Å². The maximum absolute atomic E-state index is 13.3. The molecule has 29 heavy (non-hydrogen) atoms. The van der Waals surface area contributed by atoms with Crippen molar-refractivity contribution in [3.05, 3.63) is 29.5 Å². The first-order valence-corrected chi connectivity index (χ1v) is 9.32. The van der Waals surface area contributed by atoms with Gasteiger partial charge in [0.05, 0.1) is 14.2 Å². The highest BCUT2D eigenvalue weighted by Gasteiger charge is 2.32. The van der Waals surface area contributed by atoms with Crippen molar-refractivity contribution in [3.8, 4) is 22.8 Å². The number of carbonyl (C=O) groups excluding carboxylic acids is 2.